The van der Waals surface area contributed by atoms with E-state index in [-0.39, 0.29) is 24.9 Å². The SMILES string of the molecule is Cc1ccc(CN2CCN(C[C@]3(O)CCCN(CC4CC4)C3=O)CC2=O)cc1. The molecule has 0 unspecified atom stereocenters. The first-order chi connectivity index (χ1) is 13.4. The molecular weight excluding hydrogens is 354 g/mol. The lowest BCUT2D eigenvalue weighted by Gasteiger charge is -2.42. The van der Waals surface area contributed by atoms with Crippen molar-refractivity contribution in [1.29, 1.82) is 0 Å². The molecule has 1 aliphatic carbocycles. The quantitative estimate of drug-likeness (QED) is 0.804. The van der Waals surface area contributed by atoms with Crippen molar-refractivity contribution >= 4 is 11.8 Å². The van der Waals surface area contributed by atoms with Crippen LogP contribution in [0.3, 0.4) is 0 Å². The van der Waals surface area contributed by atoms with Crippen molar-refractivity contribution in [2.75, 3.05) is 39.3 Å². The molecule has 0 aromatic heterocycles. The second-order valence-electron chi connectivity index (χ2n) is 8.84. The second-order valence-corrected chi connectivity index (χ2v) is 8.84. The summed E-state index contributed by atoms with van der Waals surface area (Å²) in [5.41, 5.74) is 0.997. The van der Waals surface area contributed by atoms with E-state index in [0.29, 0.717) is 32.0 Å². The van der Waals surface area contributed by atoms with Crippen LogP contribution in [0.2, 0.25) is 0 Å². The number of piperazine rings is 1. The first-order valence-corrected chi connectivity index (χ1v) is 10.5. The molecule has 1 aromatic rings. The van der Waals surface area contributed by atoms with Gasteiger partial charge in [0.1, 0.15) is 0 Å². The van der Waals surface area contributed by atoms with Crippen molar-refractivity contribution in [2.24, 2.45) is 5.92 Å². The van der Waals surface area contributed by atoms with Gasteiger partial charge < -0.3 is 14.9 Å². The normalized spacial score (nSPS) is 26.8. The lowest BCUT2D eigenvalue weighted by Crippen LogP contribution is -2.61. The van der Waals surface area contributed by atoms with Gasteiger partial charge in [0.15, 0.2) is 5.60 Å². The Morgan fingerprint density at radius 3 is 2.50 bits per heavy atom. The lowest BCUT2D eigenvalue weighted by atomic mass is 9.90. The summed E-state index contributed by atoms with van der Waals surface area (Å²) in [6.07, 6.45) is 3.71. The summed E-state index contributed by atoms with van der Waals surface area (Å²) < 4.78 is 0. The van der Waals surface area contributed by atoms with Crippen molar-refractivity contribution in [2.45, 2.75) is 44.8 Å². The highest BCUT2D eigenvalue weighted by atomic mass is 16.3. The highest BCUT2D eigenvalue weighted by molar-refractivity contribution is 5.86. The molecule has 3 fully saturated rings. The number of rotatable bonds is 6. The summed E-state index contributed by atoms with van der Waals surface area (Å²) in [4.78, 5) is 31.1. The van der Waals surface area contributed by atoms with Crippen molar-refractivity contribution < 1.29 is 14.7 Å². The maximum atomic E-state index is 12.9. The molecule has 6 nitrogen and oxygen atoms in total. The van der Waals surface area contributed by atoms with Gasteiger partial charge in [0.25, 0.3) is 5.91 Å². The van der Waals surface area contributed by atoms with E-state index in [1.54, 1.807) is 0 Å². The van der Waals surface area contributed by atoms with Crippen LogP contribution in [-0.4, -0.2) is 76.5 Å². The predicted octanol–water partition coefficient (Wildman–Crippen LogP) is 1.40. The van der Waals surface area contributed by atoms with Crippen molar-refractivity contribution in [1.82, 2.24) is 14.7 Å². The molecule has 0 bridgehead atoms. The number of β-amino-alcohol motifs (C(OH)–C–C–N with tert-alkyl or cyclic N) is 1. The molecule has 1 saturated carbocycles. The molecule has 28 heavy (non-hydrogen) atoms. The Hall–Kier alpha value is -1.92. The van der Waals surface area contributed by atoms with E-state index < -0.39 is 5.60 Å². The molecule has 6 heteroatoms. The maximum Gasteiger partial charge on any atom is 0.255 e. The zero-order valence-corrected chi connectivity index (χ0v) is 16.8. The average molecular weight is 386 g/mol. The summed E-state index contributed by atoms with van der Waals surface area (Å²) in [6.45, 7) is 6.05. The molecule has 2 aliphatic heterocycles. The number of aliphatic hydroxyl groups is 1. The highest BCUT2D eigenvalue weighted by Crippen LogP contribution is 2.33. The van der Waals surface area contributed by atoms with Crippen LogP contribution in [0.1, 0.15) is 36.8 Å². The minimum atomic E-state index is -1.34. The molecule has 1 N–H and O–H groups in total. The Balaban J connectivity index is 1.32. The second kappa shape index (κ2) is 7.84. The monoisotopic (exact) mass is 385 g/mol. The number of piperidine rings is 1. The Morgan fingerprint density at radius 2 is 1.82 bits per heavy atom. The maximum absolute atomic E-state index is 12.9. The van der Waals surface area contributed by atoms with E-state index in [0.717, 1.165) is 25.1 Å². The minimum absolute atomic E-state index is 0.0634. The van der Waals surface area contributed by atoms with Gasteiger partial charge in [0.2, 0.25) is 5.91 Å². The van der Waals surface area contributed by atoms with Crippen LogP contribution in [0.4, 0.5) is 0 Å². The fourth-order valence-electron chi connectivity index (χ4n) is 4.34. The smallest absolute Gasteiger partial charge is 0.255 e. The van der Waals surface area contributed by atoms with E-state index >= 15 is 0 Å². The van der Waals surface area contributed by atoms with Gasteiger partial charge in [-0.05, 0) is 44.1 Å². The number of carbonyl (C=O) groups excluding carboxylic acids is 2. The number of amides is 2. The van der Waals surface area contributed by atoms with Crippen molar-refractivity contribution in [3.63, 3.8) is 0 Å². The number of carbonyl (C=O) groups is 2. The van der Waals surface area contributed by atoms with Gasteiger partial charge >= 0.3 is 0 Å². The Bertz CT molecular complexity index is 731. The van der Waals surface area contributed by atoms with Crippen LogP contribution in [0.15, 0.2) is 24.3 Å². The molecule has 2 amide bonds. The molecular formula is C22H31N3O3. The number of benzene rings is 1. The van der Waals surface area contributed by atoms with E-state index in [9.17, 15) is 14.7 Å². The summed E-state index contributed by atoms with van der Waals surface area (Å²) in [6, 6.07) is 8.25. The molecule has 2 heterocycles. The van der Waals surface area contributed by atoms with Crippen LogP contribution in [0.5, 0.6) is 0 Å². The summed E-state index contributed by atoms with van der Waals surface area (Å²) in [7, 11) is 0. The number of hydrogen-bond donors (Lipinski definition) is 1. The third kappa shape index (κ3) is 4.39. The first kappa shape index (κ1) is 19.4. The van der Waals surface area contributed by atoms with Gasteiger partial charge in [-0.15, -0.1) is 0 Å². The van der Waals surface area contributed by atoms with Crippen molar-refractivity contribution in [3.05, 3.63) is 35.4 Å². The van der Waals surface area contributed by atoms with Crippen LogP contribution in [-0.2, 0) is 16.1 Å². The molecule has 0 spiro atoms. The number of aryl methyl sites for hydroxylation is 1. The molecule has 0 radical (unpaired) electrons. The molecule has 3 aliphatic rings. The Morgan fingerprint density at radius 1 is 1.07 bits per heavy atom. The van der Waals surface area contributed by atoms with Crippen LogP contribution >= 0.6 is 0 Å². The van der Waals surface area contributed by atoms with Gasteiger partial charge in [-0.1, -0.05) is 29.8 Å². The van der Waals surface area contributed by atoms with E-state index in [1.807, 2.05) is 14.7 Å². The summed E-state index contributed by atoms with van der Waals surface area (Å²) in [5.74, 6) is 0.548. The highest BCUT2D eigenvalue weighted by Gasteiger charge is 2.45. The average Bonchev–Trinajstić information content (AvgIpc) is 3.47. The first-order valence-electron chi connectivity index (χ1n) is 10.5. The lowest BCUT2D eigenvalue weighted by molar-refractivity contribution is -0.161. The van der Waals surface area contributed by atoms with Gasteiger partial charge in [0.05, 0.1) is 6.54 Å². The van der Waals surface area contributed by atoms with Gasteiger partial charge in [-0.25, -0.2) is 0 Å². The van der Waals surface area contributed by atoms with Gasteiger partial charge in [-0.2, -0.15) is 0 Å². The minimum Gasteiger partial charge on any atom is -0.379 e. The number of nitrogens with zero attached hydrogens (tertiary/aromatic N) is 3. The molecule has 1 aromatic carbocycles. The molecule has 2 saturated heterocycles. The summed E-state index contributed by atoms with van der Waals surface area (Å²) in [5, 5.41) is 11.1. The third-order valence-electron chi connectivity index (χ3n) is 6.26. The Labute approximate surface area is 167 Å². The fraction of sp³-hybridized carbons (Fsp3) is 0.636. The largest absolute Gasteiger partial charge is 0.379 e. The molecule has 152 valence electrons. The van der Waals surface area contributed by atoms with Gasteiger partial charge in [-0.3, -0.25) is 14.5 Å². The van der Waals surface area contributed by atoms with E-state index in [1.165, 1.54) is 18.4 Å². The van der Waals surface area contributed by atoms with Crippen LogP contribution in [0.25, 0.3) is 0 Å². The Kier molecular flexibility index (Phi) is 5.43. The fourth-order valence-corrected chi connectivity index (χ4v) is 4.34. The standard InChI is InChI=1S/C22H31N3O3/c1-17-3-5-18(6-4-17)13-24-12-11-23(15-20(24)26)16-22(28)9-2-10-25(21(22)27)14-19-7-8-19/h3-6,19,28H,2,7-16H2,1H3/t22-/m1/s1. The topological polar surface area (TPSA) is 64.1 Å². The van der Waals surface area contributed by atoms with Crippen molar-refractivity contribution in [3.8, 4) is 0 Å². The third-order valence-corrected chi connectivity index (χ3v) is 6.26. The van der Waals surface area contributed by atoms with Crippen LogP contribution in [0, 0.1) is 12.8 Å². The number of hydrogen-bond acceptors (Lipinski definition) is 4. The molecule has 4 rings (SSSR count). The van der Waals surface area contributed by atoms with E-state index in [2.05, 4.69) is 31.2 Å². The molecule has 1 atom stereocenters. The summed E-state index contributed by atoms with van der Waals surface area (Å²) >= 11 is 0. The zero-order valence-electron chi connectivity index (χ0n) is 16.8. The van der Waals surface area contributed by atoms with Crippen LogP contribution < -0.4 is 0 Å². The van der Waals surface area contributed by atoms with Gasteiger partial charge in [0, 0.05) is 39.3 Å². The number of likely N-dealkylation sites (tertiary alicyclic amines) is 1. The van der Waals surface area contributed by atoms with E-state index in [4.69, 9.17) is 0 Å². The predicted molar refractivity (Wildman–Crippen MR) is 107 cm³/mol. The zero-order chi connectivity index (χ0) is 19.7.